The molecule has 1 N–H and O–H groups in total. The fraction of sp³-hybridized carbons (Fsp3) is 0.500. The van der Waals surface area contributed by atoms with Crippen molar-refractivity contribution in [2.24, 2.45) is 0 Å². The standard InChI is InChI=1S/C14H21NO3/c1-3-13(14(16)17)15(2)10-7-11-18-12-8-5-4-6-9-12/h4-6,8-9,13H,3,7,10-11H2,1-2H3,(H,16,17). The van der Waals surface area contributed by atoms with Crippen molar-refractivity contribution in [2.45, 2.75) is 25.8 Å². The van der Waals surface area contributed by atoms with E-state index in [1.165, 1.54) is 0 Å². The largest absolute Gasteiger partial charge is 0.494 e. The maximum Gasteiger partial charge on any atom is 0.320 e. The van der Waals surface area contributed by atoms with Crippen molar-refractivity contribution < 1.29 is 14.6 Å². The normalized spacial score (nSPS) is 12.4. The number of carboxylic acids is 1. The second-order valence-corrected chi connectivity index (χ2v) is 4.26. The monoisotopic (exact) mass is 251 g/mol. The van der Waals surface area contributed by atoms with Gasteiger partial charge in [0.05, 0.1) is 6.61 Å². The molecule has 1 rings (SSSR count). The Labute approximate surface area is 108 Å². The molecule has 18 heavy (non-hydrogen) atoms. The Morgan fingerprint density at radius 2 is 2.06 bits per heavy atom. The van der Waals surface area contributed by atoms with Crippen molar-refractivity contribution in [2.75, 3.05) is 20.2 Å². The number of benzene rings is 1. The molecule has 0 spiro atoms. The number of aliphatic carboxylic acids is 1. The fourth-order valence-corrected chi connectivity index (χ4v) is 1.85. The lowest BCUT2D eigenvalue weighted by molar-refractivity contribution is -0.142. The Hall–Kier alpha value is -1.55. The summed E-state index contributed by atoms with van der Waals surface area (Å²) in [4.78, 5) is 12.8. The molecule has 0 saturated heterocycles. The van der Waals surface area contributed by atoms with Gasteiger partial charge in [-0.25, -0.2) is 0 Å². The third kappa shape index (κ3) is 4.75. The van der Waals surface area contributed by atoms with Crippen LogP contribution in [-0.4, -0.2) is 42.2 Å². The minimum absolute atomic E-state index is 0.401. The van der Waals surface area contributed by atoms with Gasteiger partial charge >= 0.3 is 5.97 Å². The zero-order chi connectivity index (χ0) is 13.4. The maximum absolute atomic E-state index is 11.0. The van der Waals surface area contributed by atoms with E-state index in [1.54, 1.807) is 0 Å². The summed E-state index contributed by atoms with van der Waals surface area (Å²) in [6.45, 7) is 3.21. The summed E-state index contributed by atoms with van der Waals surface area (Å²) in [5.41, 5.74) is 0. The molecular weight excluding hydrogens is 230 g/mol. The van der Waals surface area contributed by atoms with Gasteiger partial charge in [0.25, 0.3) is 0 Å². The van der Waals surface area contributed by atoms with Crippen LogP contribution < -0.4 is 4.74 Å². The molecular formula is C14H21NO3. The van der Waals surface area contributed by atoms with Gasteiger partial charge in [0.2, 0.25) is 0 Å². The molecule has 4 nitrogen and oxygen atoms in total. The first kappa shape index (κ1) is 14.5. The molecule has 1 aromatic carbocycles. The van der Waals surface area contributed by atoms with Crippen LogP contribution in [0.4, 0.5) is 0 Å². The van der Waals surface area contributed by atoms with E-state index in [1.807, 2.05) is 49.2 Å². The Kier molecular flexibility index (Phi) is 6.22. The average Bonchev–Trinajstić information content (AvgIpc) is 2.36. The van der Waals surface area contributed by atoms with Crippen molar-refractivity contribution in [3.63, 3.8) is 0 Å². The maximum atomic E-state index is 11.0. The number of likely N-dealkylation sites (N-methyl/N-ethyl adjacent to an activating group) is 1. The minimum atomic E-state index is -0.760. The summed E-state index contributed by atoms with van der Waals surface area (Å²) < 4.78 is 5.56. The van der Waals surface area contributed by atoms with Gasteiger partial charge in [0.15, 0.2) is 0 Å². The van der Waals surface area contributed by atoms with E-state index in [2.05, 4.69) is 0 Å². The van der Waals surface area contributed by atoms with Crippen LogP contribution in [0.25, 0.3) is 0 Å². The third-order valence-electron chi connectivity index (χ3n) is 2.87. The molecule has 0 saturated carbocycles. The van der Waals surface area contributed by atoms with E-state index in [9.17, 15) is 4.79 Å². The molecule has 0 aliphatic carbocycles. The Balaban J connectivity index is 2.23. The molecule has 0 aliphatic rings. The highest BCUT2D eigenvalue weighted by Gasteiger charge is 2.19. The molecule has 0 amide bonds. The van der Waals surface area contributed by atoms with E-state index in [4.69, 9.17) is 9.84 Å². The van der Waals surface area contributed by atoms with Gasteiger partial charge in [0, 0.05) is 6.54 Å². The lowest BCUT2D eigenvalue weighted by Gasteiger charge is -2.23. The first-order valence-corrected chi connectivity index (χ1v) is 6.26. The average molecular weight is 251 g/mol. The third-order valence-corrected chi connectivity index (χ3v) is 2.87. The highest BCUT2D eigenvalue weighted by Crippen LogP contribution is 2.09. The Morgan fingerprint density at radius 3 is 2.61 bits per heavy atom. The molecule has 4 heteroatoms. The van der Waals surface area contributed by atoms with E-state index in [0.717, 1.165) is 18.7 Å². The van der Waals surface area contributed by atoms with Crippen LogP contribution >= 0.6 is 0 Å². The number of rotatable bonds is 8. The molecule has 0 aromatic heterocycles. The van der Waals surface area contributed by atoms with Crippen molar-refractivity contribution >= 4 is 5.97 Å². The molecule has 1 aromatic rings. The van der Waals surface area contributed by atoms with Crippen LogP contribution in [0.2, 0.25) is 0 Å². The van der Waals surface area contributed by atoms with Crippen molar-refractivity contribution in [1.29, 1.82) is 0 Å². The van der Waals surface area contributed by atoms with Crippen molar-refractivity contribution in [1.82, 2.24) is 4.90 Å². The summed E-state index contributed by atoms with van der Waals surface area (Å²) >= 11 is 0. The van der Waals surface area contributed by atoms with Crippen molar-refractivity contribution in [3.8, 4) is 5.75 Å². The van der Waals surface area contributed by atoms with E-state index >= 15 is 0 Å². The van der Waals surface area contributed by atoms with Gasteiger partial charge < -0.3 is 9.84 Å². The smallest absolute Gasteiger partial charge is 0.320 e. The second kappa shape index (κ2) is 7.71. The zero-order valence-corrected chi connectivity index (χ0v) is 11.0. The van der Waals surface area contributed by atoms with Gasteiger partial charge in [-0.15, -0.1) is 0 Å². The Bertz CT molecular complexity index is 353. The quantitative estimate of drug-likeness (QED) is 0.720. The van der Waals surface area contributed by atoms with Crippen LogP contribution in [0, 0.1) is 0 Å². The number of ether oxygens (including phenoxy) is 1. The molecule has 0 heterocycles. The number of carboxylic acid groups (broad SMARTS) is 1. The highest BCUT2D eigenvalue weighted by molar-refractivity contribution is 5.73. The minimum Gasteiger partial charge on any atom is -0.494 e. The van der Waals surface area contributed by atoms with Crippen LogP contribution in [0.15, 0.2) is 30.3 Å². The number of hydrogen-bond acceptors (Lipinski definition) is 3. The van der Waals surface area contributed by atoms with Crippen molar-refractivity contribution in [3.05, 3.63) is 30.3 Å². The first-order chi connectivity index (χ1) is 8.65. The molecule has 0 radical (unpaired) electrons. The predicted molar refractivity (Wildman–Crippen MR) is 70.9 cm³/mol. The Morgan fingerprint density at radius 1 is 1.39 bits per heavy atom. The number of carbonyl (C=O) groups is 1. The van der Waals surface area contributed by atoms with Crippen LogP contribution in [0.3, 0.4) is 0 Å². The van der Waals surface area contributed by atoms with Crippen LogP contribution in [-0.2, 0) is 4.79 Å². The van der Waals surface area contributed by atoms with Gasteiger partial charge in [-0.3, -0.25) is 9.69 Å². The molecule has 0 fully saturated rings. The number of para-hydroxylation sites is 1. The SMILES string of the molecule is CCC(C(=O)O)N(C)CCCOc1ccccc1. The fourth-order valence-electron chi connectivity index (χ4n) is 1.85. The van der Waals surface area contributed by atoms with Gasteiger partial charge in [0.1, 0.15) is 11.8 Å². The molecule has 0 aliphatic heterocycles. The molecule has 1 atom stereocenters. The lowest BCUT2D eigenvalue weighted by atomic mass is 10.2. The number of nitrogens with zero attached hydrogens (tertiary/aromatic N) is 1. The molecule has 0 bridgehead atoms. The van der Waals surface area contributed by atoms with Gasteiger partial charge in [-0.05, 0) is 32.0 Å². The lowest BCUT2D eigenvalue weighted by Crippen LogP contribution is -2.38. The summed E-state index contributed by atoms with van der Waals surface area (Å²) in [5.74, 6) is 0.0920. The summed E-state index contributed by atoms with van der Waals surface area (Å²) in [7, 11) is 1.84. The van der Waals surface area contributed by atoms with Gasteiger partial charge in [-0.1, -0.05) is 25.1 Å². The van der Waals surface area contributed by atoms with E-state index < -0.39 is 12.0 Å². The van der Waals surface area contributed by atoms with E-state index in [-0.39, 0.29) is 0 Å². The number of hydrogen-bond donors (Lipinski definition) is 1. The van der Waals surface area contributed by atoms with Crippen LogP contribution in [0.5, 0.6) is 5.75 Å². The highest BCUT2D eigenvalue weighted by atomic mass is 16.5. The second-order valence-electron chi connectivity index (χ2n) is 4.26. The van der Waals surface area contributed by atoms with Crippen LogP contribution in [0.1, 0.15) is 19.8 Å². The van der Waals surface area contributed by atoms with E-state index in [0.29, 0.717) is 13.0 Å². The summed E-state index contributed by atoms with van der Waals surface area (Å²) in [6.07, 6.45) is 1.43. The van der Waals surface area contributed by atoms with Gasteiger partial charge in [-0.2, -0.15) is 0 Å². The molecule has 1 unspecified atom stereocenters. The topological polar surface area (TPSA) is 49.8 Å². The molecule has 100 valence electrons. The summed E-state index contributed by atoms with van der Waals surface area (Å²) in [6, 6.07) is 9.23. The zero-order valence-electron chi connectivity index (χ0n) is 11.0. The summed E-state index contributed by atoms with van der Waals surface area (Å²) in [5, 5.41) is 9.01. The predicted octanol–water partition coefficient (Wildman–Crippen LogP) is 2.25. The first-order valence-electron chi connectivity index (χ1n) is 6.26.